The third kappa shape index (κ3) is 7.13. The maximum atomic E-state index is 12.8. The molecule has 0 saturated heterocycles. The van der Waals surface area contributed by atoms with Gasteiger partial charge in [-0.1, -0.05) is 33.8 Å². The lowest BCUT2D eigenvalue weighted by Gasteiger charge is -2.30. The van der Waals surface area contributed by atoms with Crippen molar-refractivity contribution in [3.05, 3.63) is 53.6 Å². The van der Waals surface area contributed by atoms with E-state index in [0.29, 0.717) is 23.9 Å². The molecule has 0 unspecified atom stereocenters. The molecule has 0 heterocycles. The average Bonchev–Trinajstić information content (AvgIpc) is 3.53. The van der Waals surface area contributed by atoms with Crippen molar-refractivity contribution in [3.63, 3.8) is 0 Å². The molecule has 1 saturated carbocycles. The summed E-state index contributed by atoms with van der Waals surface area (Å²) >= 11 is 0. The fraction of sp³-hybridized carbons (Fsp3) is 0.462. The Morgan fingerprint density at radius 2 is 1.60 bits per heavy atom. The molecule has 1 aliphatic rings. The number of carboxylic acids is 1. The van der Waals surface area contributed by atoms with E-state index in [-0.39, 0.29) is 11.6 Å². The quantitative estimate of drug-likeness (QED) is 0.367. The number of aliphatic carboxylic acids is 1. The second kappa shape index (κ2) is 10.6. The number of amides is 2. The third-order valence-electron chi connectivity index (χ3n) is 5.79. The van der Waals surface area contributed by atoms with Crippen LogP contribution in [0, 0.1) is 17.8 Å². The molecule has 3 rings (SSSR count). The van der Waals surface area contributed by atoms with Crippen LogP contribution in [0.1, 0.15) is 51.2 Å². The number of nitrogens with zero attached hydrogens (tertiary/aromatic N) is 1. The molecule has 0 aromatic heterocycles. The van der Waals surface area contributed by atoms with Gasteiger partial charge >= 0.3 is 18.2 Å². The predicted octanol–water partition coefficient (Wildman–Crippen LogP) is 6.66. The number of halogens is 3. The number of carboxylic acid groups (broad SMARTS) is 1. The van der Waals surface area contributed by atoms with Crippen LogP contribution in [0.4, 0.5) is 35.0 Å². The van der Waals surface area contributed by atoms with E-state index >= 15 is 0 Å². The Kier molecular flexibility index (Phi) is 7.97. The van der Waals surface area contributed by atoms with Crippen molar-refractivity contribution in [1.82, 2.24) is 0 Å². The second-order valence-electron chi connectivity index (χ2n) is 9.91. The summed E-state index contributed by atoms with van der Waals surface area (Å²) in [5.74, 6) is -0.653. The van der Waals surface area contributed by atoms with Crippen LogP contribution in [-0.2, 0) is 11.0 Å². The zero-order valence-electron chi connectivity index (χ0n) is 20.3. The normalized spacial score (nSPS) is 17.4. The smallest absolute Gasteiger partial charge is 0.416 e. The number of urea groups is 1. The first-order chi connectivity index (χ1) is 16.3. The standard InChI is InChI=1S/C26H32F3N3O3/c1-15(2)13-32(14-16(3)4)23-10-5-17(20-12-21(20)24(33)34)11-22(23)31-25(35)30-19-8-6-18(7-9-19)26(27,28)29/h5-11,15-16,20-21H,12-14H2,1-4H3,(H,33,34)(H2,30,31,35)/t20-,21-/m0/s1. The lowest BCUT2D eigenvalue weighted by molar-refractivity contribution is -0.139. The van der Waals surface area contributed by atoms with E-state index in [0.717, 1.165) is 36.5 Å². The molecule has 9 heteroatoms. The number of carbonyl (C=O) groups excluding carboxylic acids is 1. The van der Waals surface area contributed by atoms with Gasteiger partial charge in [0.15, 0.2) is 0 Å². The molecule has 0 radical (unpaired) electrons. The Morgan fingerprint density at radius 3 is 2.09 bits per heavy atom. The Labute approximate surface area is 203 Å². The maximum absolute atomic E-state index is 12.8. The van der Waals surface area contributed by atoms with E-state index in [1.54, 1.807) is 0 Å². The highest BCUT2D eigenvalue weighted by Crippen LogP contribution is 2.49. The largest absolute Gasteiger partial charge is 0.481 e. The van der Waals surface area contributed by atoms with Gasteiger partial charge in [0.2, 0.25) is 0 Å². The topological polar surface area (TPSA) is 81.7 Å². The van der Waals surface area contributed by atoms with Gasteiger partial charge in [-0.25, -0.2) is 4.79 Å². The Hall–Kier alpha value is -3.23. The lowest BCUT2D eigenvalue weighted by Crippen LogP contribution is -2.32. The summed E-state index contributed by atoms with van der Waals surface area (Å²) in [6.45, 7) is 9.94. The van der Waals surface area contributed by atoms with Gasteiger partial charge in [0.25, 0.3) is 0 Å². The molecule has 1 aliphatic carbocycles. The van der Waals surface area contributed by atoms with Crippen molar-refractivity contribution < 1.29 is 27.9 Å². The van der Waals surface area contributed by atoms with E-state index in [9.17, 15) is 27.9 Å². The fourth-order valence-electron chi connectivity index (χ4n) is 4.18. The zero-order chi connectivity index (χ0) is 25.9. The van der Waals surface area contributed by atoms with Crippen LogP contribution in [0.15, 0.2) is 42.5 Å². The zero-order valence-corrected chi connectivity index (χ0v) is 20.3. The molecule has 0 spiro atoms. The highest BCUT2D eigenvalue weighted by atomic mass is 19.4. The predicted molar refractivity (Wildman–Crippen MR) is 131 cm³/mol. The molecule has 190 valence electrons. The van der Waals surface area contributed by atoms with Gasteiger partial charge in [-0.2, -0.15) is 13.2 Å². The van der Waals surface area contributed by atoms with Crippen LogP contribution in [0.2, 0.25) is 0 Å². The number of nitrogens with one attached hydrogen (secondary N) is 2. The van der Waals surface area contributed by atoms with Gasteiger partial charge in [-0.15, -0.1) is 0 Å². The molecule has 0 aliphatic heterocycles. The third-order valence-corrected chi connectivity index (χ3v) is 5.79. The maximum Gasteiger partial charge on any atom is 0.416 e. The van der Waals surface area contributed by atoms with E-state index in [1.165, 1.54) is 12.1 Å². The van der Waals surface area contributed by atoms with E-state index in [2.05, 4.69) is 43.2 Å². The fourth-order valence-corrected chi connectivity index (χ4v) is 4.18. The summed E-state index contributed by atoms with van der Waals surface area (Å²) in [6, 6.07) is 9.25. The SMILES string of the molecule is CC(C)CN(CC(C)C)c1ccc([C@@H]2C[C@@H]2C(=O)O)cc1NC(=O)Nc1ccc(C(F)(F)F)cc1. The van der Waals surface area contributed by atoms with E-state index < -0.39 is 29.7 Å². The number of alkyl halides is 3. The minimum Gasteiger partial charge on any atom is -0.481 e. The number of benzene rings is 2. The van der Waals surface area contributed by atoms with Gasteiger partial charge in [0.1, 0.15) is 0 Å². The Morgan fingerprint density at radius 1 is 1.00 bits per heavy atom. The molecule has 35 heavy (non-hydrogen) atoms. The van der Waals surface area contributed by atoms with Gasteiger partial charge < -0.3 is 20.6 Å². The molecule has 2 aromatic carbocycles. The van der Waals surface area contributed by atoms with Crippen LogP contribution in [-0.4, -0.2) is 30.2 Å². The minimum atomic E-state index is -4.46. The van der Waals surface area contributed by atoms with Gasteiger partial charge in [0.05, 0.1) is 22.9 Å². The van der Waals surface area contributed by atoms with Crippen LogP contribution in [0.3, 0.4) is 0 Å². The highest BCUT2D eigenvalue weighted by Gasteiger charge is 2.44. The number of carbonyl (C=O) groups is 2. The van der Waals surface area contributed by atoms with Gasteiger partial charge in [0, 0.05) is 18.8 Å². The van der Waals surface area contributed by atoms with Crippen molar-refractivity contribution >= 4 is 29.1 Å². The summed E-state index contributed by atoms with van der Waals surface area (Å²) in [5.41, 5.74) is 1.60. The first-order valence-electron chi connectivity index (χ1n) is 11.7. The average molecular weight is 492 g/mol. The molecule has 2 amide bonds. The minimum absolute atomic E-state index is 0.108. The van der Waals surface area contributed by atoms with Crippen molar-refractivity contribution in [2.45, 2.75) is 46.2 Å². The summed E-state index contributed by atoms with van der Waals surface area (Å²) in [5, 5.41) is 14.7. The first kappa shape index (κ1) is 26.4. The van der Waals surface area contributed by atoms with Crippen LogP contribution in [0.5, 0.6) is 0 Å². The Balaban J connectivity index is 1.86. The summed E-state index contributed by atoms with van der Waals surface area (Å²) < 4.78 is 38.4. The molecule has 0 bridgehead atoms. The number of anilines is 3. The first-order valence-corrected chi connectivity index (χ1v) is 11.7. The summed E-state index contributed by atoms with van der Waals surface area (Å²) in [4.78, 5) is 26.3. The molecule has 2 atom stereocenters. The van der Waals surface area contributed by atoms with E-state index in [4.69, 9.17) is 0 Å². The van der Waals surface area contributed by atoms with E-state index in [1.807, 2.05) is 18.2 Å². The molecular weight excluding hydrogens is 459 g/mol. The van der Waals surface area contributed by atoms with Crippen molar-refractivity contribution in [2.75, 3.05) is 28.6 Å². The summed E-state index contributed by atoms with van der Waals surface area (Å²) in [7, 11) is 0. The second-order valence-corrected chi connectivity index (χ2v) is 9.91. The van der Waals surface area contributed by atoms with Crippen LogP contribution >= 0.6 is 0 Å². The van der Waals surface area contributed by atoms with Crippen LogP contribution < -0.4 is 15.5 Å². The molecule has 1 fully saturated rings. The molecule has 2 aromatic rings. The lowest BCUT2D eigenvalue weighted by atomic mass is 10.0. The Bertz CT molecular complexity index is 1040. The highest BCUT2D eigenvalue weighted by molar-refractivity contribution is 6.02. The van der Waals surface area contributed by atoms with Crippen LogP contribution in [0.25, 0.3) is 0 Å². The number of hydrogen-bond acceptors (Lipinski definition) is 3. The monoisotopic (exact) mass is 491 g/mol. The summed E-state index contributed by atoms with van der Waals surface area (Å²) in [6.07, 6.45) is -3.91. The van der Waals surface area contributed by atoms with Crippen molar-refractivity contribution in [3.8, 4) is 0 Å². The molecular formula is C26H32F3N3O3. The molecule has 6 nitrogen and oxygen atoms in total. The number of rotatable bonds is 9. The van der Waals surface area contributed by atoms with Crippen molar-refractivity contribution in [1.29, 1.82) is 0 Å². The van der Waals surface area contributed by atoms with Gasteiger partial charge in [-0.3, -0.25) is 4.79 Å². The number of hydrogen-bond donors (Lipinski definition) is 3. The molecule has 3 N–H and O–H groups in total. The van der Waals surface area contributed by atoms with Crippen molar-refractivity contribution in [2.24, 2.45) is 17.8 Å². The van der Waals surface area contributed by atoms with Gasteiger partial charge in [-0.05, 0) is 66.1 Å².